The van der Waals surface area contributed by atoms with Gasteiger partial charge >= 0.3 is 0 Å². The van der Waals surface area contributed by atoms with Crippen LogP contribution in [0.15, 0.2) is 45.6 Å². The van der Waals surface area contributed by atoms with E-state index in [-0.39, 0.29) is 16.7 Å². The summed E-state index contributed by atoms with van der Waals surface area (Å²) < 4.78 is 11.8. The molecule has 2 aromatic rings. The highest BCUT2D eigenvalue weighted by Crippen LogP contribution is 2.46. The van der Waals surface area contributed by atoms with Gasteiger partial charge in [-0.2, -0.15) is 0 Å². The van der Waals surface area contributed by atoms with E-state index in [4.69, 9.17) is 9.15 Å². The number of hydrogen-bond donors (Lipinski definition) is 4. The van der Waals surface area contributed by atoms with Crippen LogP contribution in [-0.2, 0) is 22.0 Å². The second-order valence-electron chi connectivity index (χ2n) is 15.5. The first-order valence-corrected chi connectivity index (χ1v) is 17.7. The van der Waals surface area contributed by atoms with Gasteiger partial charge in [-0.05, 0) is 115 Å². The Bertz CT molecular complexity index is 1450. The number of amides is 1. The quantitative estimate of drug-likeness (QED) is 0.249. The van der Waals surface area contributed by atoms with Crippen LogP contribution >= 0.6 is 0 Å². The number of carbonyl (C=O) groups excluding carboxylic acids is 1. The lowest BCUT2D eigenvalue weighted by Crippen LogP contribution is -2.45. The van der Waals surface area contributed by atoms with E-state index in [0.29, 0.717) is 43.2 Å². The van der Waals surface area contributed by atoms with Crippen molar-refractivity contribution >= 4 is 11.9 Å². The molecule has 2 fully saturated rings. The molecule has 4 aliphatic rings. The highest BCUT2D eigenvalue weighted by Gasteiger charge is 2.37. The summed E-state index contributed by atoms with van der Waals surface area (Å²) in [5.41, 5.74) is 5.88. The Morgan fingerprint density at radius 2 is 1.72 bits per heavy atom. The molecule has 0 bridgehead atoms. The molecule has 250 valence electrons. The number of aryl methyl sites for hydroxylation is 1. The fourth-order valence-corrected chi connectivity index (χ4v) is 7.77. The monoisotopic (exact) mass is 629 g/mol. The first-order chi connectivity index (χ1) is 22.1. The summed E-state index contributed by atoms with van der Waals surface area (Å²) in [5, 5.41) is 13.6. The standard InChI is InChI=1S/C38H55N5O3/c1-25-18-31-32(38(4,5)15-14-37(31,2)3)21-28(25)20-29-11-12-33(46-29)35(44)41-22-26-8-6-9-27(19-26)23-42-36-39-16-13-34(43-36)40-24-30-10-7-17-45-30/h11-13,18,21,26-27,30,40H,6-10,14-17,19-20,22-24H2,1-5H3,(H,41,44)(H2,39,42,43). The second-order valence-corrected chi connectivity index (χ2v) is 15.5. The lowest BCUT2D eigenvalue weighted by atomic mass is 9.62. The van der Waals surface area contributed by atoms with Crippen molar-refractivity contribution in [2.45, 2.75) is 109 Å². The smallest absolute Gasteiger partial charge is 0.287 e. The highest BCUT2D eigenvalue weighted by molar-refractivity contribution is 5.91. The van der Waals surface area contributed by atoms with Crippen LogP contribution in [0, 0.1) is 18.8 Å². The third-order valence-corrected chi connectivity index (χ3v) is 10.9. The molecule has 4 N–H and O–H groups in total. The molecule has 1 amide bonds. The normalized spacial score (nSPS) is 25.1. The van der Waals surface area contributed by atoms with Crippen molar-refractivity contribution in [3.05, 3.63) is 69.9 Å². The summed E-state index contributed by atoms with van der Waals surface area (Å²) in [6.07, 6.45) is 12.4. The van der Waals surface area contributed by atoms with Crippen molar-refractivity contribution in [1.29, 1.82) is 0 Å². The molecule has 2 aliphatic heterocycles. The molecule has 8 nitrogen and oxygen atoms in total. The van der Waals surface area contributed by atoms with Crippen molar-refractivity contribution in [1.82, 2.24) is 21.3 Å². The van der Waals surface area contributed by atoms with E-state index in [0.717, 1.165) is 62.9 Å². The molecule has 8 heteroatoms. The van der Waals surface area contributed by atoms with Crippen LogP contribution in [0.5, 0.6) is 0 Å². The third kappa shape index (κ3) is 7.81. The van der Waals surface area contributed by atoms with E-state index >= 15 is 0 Å². The van der Waals surface area contributed by atoms with Gasteiger partial charge in [0.05, 0.1) is 12.6 Å². The maximum Gasteiger partial charge on any atom is 0.287 e. The topological polar surface area (TPSA) is 99.9 Å². The van der Waals surface area contributed by atoms with Crippen LogP contribution in [0.3, 0.4) is 0 Å². The van der Waals surface area contributed by atoms with Crippen LogP contribution < -0.4 is 21.3 Å². The Morgan fingerprint density at radius 1 is 0.957 bits per heavy atom. The minimum atomic E-state index is -0.118. The molecule has 46 heavy (non-hydrogen) atoms. The number of aliphatic imine (C=N–C) groups is 1. The number of fused-ring (bicyclic) bond motifs is 1. The fourth-order valence-electron chi connectivity index (χ4n) is 7.77. The summed E-state index contributed by atoms with van der Waals surface area (Å²) in [4.78, 5) is 17.7. The number of nitrogens with one attached hydrogen (secondary N) is 4. The maximum absolute atomic E-state index is 13.1. The molecule has 1 aromatic heterocycles. The Morgan fingerprint density at radius 3 is 2.48 bits per heavy atom. The van der Waals surface area contributed by atoms with Crippen LogP contribution in [0.4, 0.5) is 0 Å². The van der Waals surface area contributed by atoms with Crippen molar-refractivity contribution in [2.75, 3.05) is 32.8 Å². The van der Waals surface area contributed by atoms with Gasteiger partial charge in [0.2, 0.25) is 0 Å². The number of ether oxygens (including phenoxy) is 1. The Labute approximate surface area is 275 Å². The molecule has 0 radical (unpaired) electrons. The van der Waals surface area contributed by atoms with Gasteiger partial charge in [-0.1, -0.05) is 46.2 Å². The molecular formula is C38H55N5O3. The SMILES string of the molecule is Cc1cc2c(cc1Cc1ccc(C(=O)NCC3CCCC(CNC4=NCC=C(NCC5CCCO5)N4)C3)o1)C(C)(C)CCC2(C)C. The van der Waals surface area contributed by atoms with Gasteiger partial charge in [0.25, 0.3) is 5.91 Å². The zero-order valence-electron chi connectivity index (χ0n) is 28.7. The predicted molar refractivity (Wildman–Crippen MR) is 184 cm³/mol. The van der Waals surface area contributed by atoms with Gasteiger partial charge in [-0.15, -0.1) is 0 Å². The van der Waals surface area contributed by atoms with Gasteiger partial charge in [-0.3, -0.25) is 4.79 Å². The number of nitrogens with zero attached hydrogens (tertiary/aromatic N) is 1. The lowest BCUT2D eigenvalue weighted by molar-refractivity contribution is 0.0910. The van der Waals surface area contributed by atoms with Crippen molar-refractivity contribution in [2.24, 2.45) is 16.8 Å². The molecule has 0 spiro atoms. The zero-order valence-corrected chi connectivity index (χ0v) is 28.7. The Hall–Kier alpha value is -3.26. The van der Waals surface area contributed by atoms with E-state index in [1.165, 1.54) is 47.9 Å². The van der Waals surface area contributed by atoms with E-state index in [2.05, 4.69) is 79.1 Å². The molecule has 1 saturated heterocycles. The summed E-state index contributed by atoms with van der Waals surface area (Å²) in [5.74, 6) is 3.98. The predicted octanol–water partition coefficient (Wildman–Crippen LogP) is 6.22. The number of furan rings is 1. The van der Waals surface area contributed by atoms with E-state index in [9.17, 15) is 4.79 Å². The molecule has 3 heterocycles. The number of benzene rings is 1. The first kappa shape index (κ1) is 32.7. The number of rotatable bonds is 10. The minimum absolute atomic E-state index is 0.118. The van der Waals surface area contributed by atoms with Gasteiger partial charge in [0, 0.05) is 32.7 Å². The molecular weight excluding hydrogens is 574 g/mol. The van der Waals surface area contributed by atoms with Crippen LogP contribution in [0.1, 0.15) is 118 Å². The van der Waals surface area contributed by atoms with Gasteiger partial charge in [-0.25, -0.2) is 4.99 Å². The Kier molecular flexibility index (Phi) is 9.83. The summed E-state index contributed by atoms with van der Waals surface area (Å²) in [7, 11) is 0. The molecule has 3 unspecified atom stereocenters. The van der Waals surface area contributed by atoms with Gasteiger partial charge in [0.1, 0.15) is 11.6 Å². The lowest BCUT2D eigenvalue weighted by Gasteiger charge is -2.42. The zero-order chi connectivity index (χ0) is 32.3. The average molecular weight is 630 g/mol. The van der Waals surface area contributed by atoms with Gasteiger partial charge < -0.3 is 30.4 Å². The van der Waals surface area contributed by atoms with Crippen molar-refractivity contribution < 1.29 is 13.9 Å². The number of guanidine groups is 1. The van der Waals surface area contributed by atoms with Crippen LogP contribution in [0.2, 0.25) is 0 Å². The summed E-state index contributed by atoms with van der Waals surface area (Å²) in [6.45, 7) is 15.6. The van der Waals surface area contributed by atoms with Crippen molar-refractivity contribution in [3.63, 3.8) is 0 Å². The number of carbonyl (C=O) groups is 1. The first-order valence-electron chi connectivity index (χ1n) is 17.7. The Balaban J connectivity index is 0.959. The molecule has 1 aromatic carbocycles. The van der Waals surface area contributed by atoms with Crippen molar-refractivity contribution in [3.8, 4) is 0 Å². The fraction of sp³-hybridized carbons (Fsp3) is 0.632. The average Bonchev–Trinajstić information content (AvgIpc) is 3.74. The molecule has 3 atom stereocenters. The van der Waals surface area contributed by atoms with E-state index < -0.39 is 0 Å². The summed E-state index contributed by atoms with van der Waals surface area (Å²) in [6, 6.07) is 8.59. The highest BCUT2D eigenvalue weighted by atomic mass is 16.5. The molecule has 6 rings (SSSR count). The van der Waals surface area contributed by atoms with Gasteiger partial charge in [0.15, 0.2) is 11.7 Å². The largest absolute Gasteiger partial charge is 0.456 e. The summed E-state index contributed by atoms with van der Waals surface area (Å²) >= 11 is 0. The van der Waals surface area contributed by atoms with Crippen LogP contribution in [0.25, 0.3) is 0 Å². The van der Waals surface area contributed by atoms with Crippen LogP contribution in [-0.4, -0.2) is 50.8 Å². The number of hydrogen-bond acceptors (Lipinski definition) is 7. The molecule has 1 saturated carbocycles. The molecule has 2 aliphatic carbocycles. The minimum Gasteiger partial charge on any atom is -0.456 e. The van der Waals surface area contributed by atoms with E-state index in [1.807, 2.05) is 12.1 Å². The third-order valence-electron chi connectivity index (χ3n) is 10.9. The maximum atomic E-state index is 13.1. The second kappa shape index (κ2) is 13.8. The van der Waals surface area contributed by atoms with E-state index in [1.54, 1.807) is 0 Å².